The van der Waals surface area contributed by atoms with Crippen molar-refractivity contribution >= 4 is 5.69 Å². The van der Waals surface area contributed by atoms with Gasteiger partial charge >= 0.3 is 0 Å². The smallest absolute Gasteiger partial charge is 0.116 e. The van der Waals surface area contributed by atoms with Crippen molar-refractivity contribution in [3.63, 3.8) is 0 Å². The van der Waals surface area contributed by atoms with Gasteiger partial charge in [-0.25, -0.2) is 4.68 Å². The first-order chi connectivity index (χ1) is 9.56. The molecule has 7 nitrogen and oxygen atoms in total. The SMILES string of the molecule is Cc1ncc(N)cc1-n1cc(-c2cnn(C)c2C)nn1. The molecule has 3 rings (SSSR count). The van der Waals surface area contributed by atoms with Gasteiger partial charge < -0.3 is 5.73 Å². The molecule has 0 saturated carbocycles. The first kappa shape index (κ1) is 12.3. The van der Waals surface area contributed by atoms with Crippen LogP contribution in [0.1, 0.15) is 11.4 Å². The fraction of sp³-hybridized carbons (Fsp3) is 0.231. The molecule has 3 aromatic heterocycles. The number of nitrogens with zero attached hydrogens (tertiary/aromatic N) is 6. The second kappa shape index (κ2) is 4.44. The normalized spacial score (nSPS) is 10.9. The fourth-order valence-corrected chi connectivity index (χ4v) is 2.02. The van der Waals surface area contributed by atoms with Gasteiger partial charge in [0.25, 0.3) is 0 Å². The van der Waals surface area contributed by atoms with E-state index in [9.17, 15) is 0 Å². The van der Waals surface area contributed by atoms with E-state index in [4.69, 9.17) is 5.73 Å². The van der Waals surface area contributed by atoms with E-state index in [0.717, 1.165) is 28.3 Å². The molecule has 0 unspecified atom stereocenters. The molecule has 3 aromatic rings. The van der Waals surface area contributed by atoms with Crippen LogP contribution in [0.3, 0.4) is 0 Å². The van der Waals surface area contributed by atoms with Gasteiger partial charge in [0, 0.05) is 18.3 Å². The highest BCUT2D eigenvalue weighted by atomic mass is 15.4. The maximum absolute atomic E-state index is 5.77. The van der Waals surface area contributed by atoms with Crippen LogP contribution in [0.4, 0.5) is 5.69 Å². The van der Waals surface area contributed by atoms with Gasteiger partial charge in [0.15, 0.2) is 0 Å². The van der Waals surface area contributed by atoms with Crippen LogP contribution in [0, 0.1) is 13.8 Å². The van der Waals surface area contributed by atoms with Gasteiger partial charge in [-0.15, -0.1) is 5.10 Å². The van der Waals surface area contributed by atoms with E-state index in [-0.39, 0.29) is 0 Å². The molecule has 0 aliphatic rings. The van der Waals surface area contributed by atoms with Crippen LogP contribution in [0.2, 0.25) is 0 Å². The monoisotopic (exact) mass is 269 g/mol. The Balaban J connectivity index is 2.06. The van der Waals surface area contributed by atoms with E-state index in [1.807, 2.05) is 37.8 Å². The van der Waals surface area contributed by atoms with Crippen LogP contribution in [-0.4, -0.2) is 29.8 Å². The summed E-state index contributed by atoms with van der Waals surface area (Å²) < 4.78 is 3.49. The number of hydrogen-bond donors (Lipinski definition) is 1. The Hall–Kier alpha value is -2.70. The summed E-state index contributed by atoms with van der Waals surface area (Å²) in [5.41, 5.74) is 10.8. The highest BCUT2D eigenvalue weighted by molar-refractivity contribution is 5.60. The van der Waals surface area contributed by atoms with Crippen LogP contribution in [0.15, 0.2) is 24.7 Å². The van der Waals surface area contributed by atoms with Crippen molar-refractivity contribution < 1.29 is 0 Å². The maximum atomic E-state index is 5.77. The van der Waals surface area contributed by atoms with E-state index in [0.29, 0.717) is 5.69 Å². The van der Waals surface area contributed by atoms with Crippen LogP contribution in [-0.2, 0) is 7.05 Å². The highest BCUT2D eigenvalue weighted by Gasteiger charge is 2.12. The van der Waals surface area contributed by atoms with E-state index in [1.54, 1.807) is 17.1 Å². The lowest BCUT2D eigenvalue weighted by molar-refractivity contribution is 0.740. The summed E-state index contributed by atoms with van der Waals surface area (Å²) in [4.78, 5) is 4.23. The van der Waals surface area contributed by atoms with Crippen molar-refractivity contribution in [3.8, 4) is 16.9 Å². The number of nitrogen functional groups attached to an aromatic ring is 1. The van der Waals surface area contributed by atoms with Crippen molar-refractivity contribution in [2.75, 3.05) is 5.73 Å². The molecule has 0 bridgehead atoms. The first-order valence-corrected chi connectivity index (χ1v) is 6.20. The molecule has 0 aliphatic carbocycles. The number of aryl methyl sites for hydroxylation is 2. The fourth-order valence-electron chi connectivity index (χ4n) is 2.02. The molecule has 102 valence electrons. The first-order valence-electron chi connectivity index (χ1n) is 6.20. The molecule has 0 aliphatic heterocycles. The summed E-state index contributed by atoms with van der Waals surface area (Å²) in [5, 5.41) is 12.6. The maximum Gasteiger partial charge on any atom is 0.116 e. The summed E-state index contributed by atoms with van der Waals surface area (Å²) in [7, 11) is 1.90. The van der Waals surface area contributed by atoms with E-state index < -0.39 is 0 Å². The van der Waals surface area contributed by atoms with Gasteiger partial charge in [-0.1, -0.05) is 5.21 Å². The molecule has 2 N–H and O–H groups in total. The van der Waals surface area contributed by atoms with Crippen LogP contribution in [0.25, 0.3) is 16.9 Å². The van der Waals surface area contributed by atoms with Gasteiger partial charge in [0.1, 0.15) is 5.69 Å². The zero-order chi connectivity index (χ0) is 14.3. The van der Waals surface area contributed by atoms with E-state index >= 15 is 0 Å². The van der Waals surface area contributed by atoms with Crippen LogP contribution in [0.5, 0.6) is 0 Å². The molecule has 3 heterocycles. The number of anilines is 1. The van der Waals surface area contributed by atoms with E-state index in [2.05, 4.69) is 20.4 Å². The Morgan fingerprint density at radius 3 is 2.70 bits per heavy atom. The van der Waals surface area contributed by atoms with Crippen molar-refractivity contribution in [1.82, 2.24) is 29.8 Å². The number of nitrogens with two attached hydrogens (primary N) is 1. The average Bonchev–Trinajstić information content (AvgIpc) is 3.01. The summed E-state index contributed by atoms with van der Waals surface area (Å²) >= 11 is 0. The summed E-state index contributed by atoms with van der Waals surface area (Å²) in [5.74, 6) is 0. The van der Waals surface area contributed by atoms with Crippen LogP contribution >= 0.6 is 0 Å². The summed E-state index contributed by atoms with van der Waals surface area (Å²) in [6.07, 6.45) is 5.27. The van der Waals surface area contributed by atoms with Crippen LogP contribution < -0.4 is 5.73 Å². The third-order valence-electron chi connectivity index (χ3n) is 3.33. The minimum absolute atomic E-state index is 0.597. The summed E-state index contributed by atoms with van der Waals surface area (Å²) in [6, 6.07) is 1.83. The largest absolute Gasteiger partial charge is 0.397 e. The third-order valence-corrected chi connectivity index (χ3v) is 3.33. The summed E-state index contributed by atoms with van der Waals surface area (Å²) in [6.45, 7) is 3.90. The molecule has 0 atom stereocenters. The van der Waals surface area contributed by atoms with Gasteiger partial charge in [-0.2, -0.15) is 5.10 Å². The molecule has 0 aromatic carbocycles. The molecule has 20 heavy (non-hydrogen) atoms. The van der Waals surface area contributed by atoms with Gasteiger partial charge in [0.2, 0.25) is 0 Å². The van der Waals surface area contributed by atoms with Gasteiger partial charge in [-0.3, -0.25) is 9.67 Å². The van der Waals surface area contributed by atoms with Gasteiger partial charge in [-0.05, 0) is 19.9 Å². The Bertz CT molecular complexity index is 769. The predicted molar refractivity (Wildman–Crippen MR) is 75.2 cm³/mol. The molecule has 7 heteroatoms. The minimum atomic E-state index is 0.597. The molecule has 0 fully saturated rings. The second-order valence-corrected chi connectivity index (χ2v) is 4.69. The molecular formula is C13H15N7. The quantitative estimate of drug-likeness (QED) is 0.756. The number of pyridine rings is 1. The number of aromatic nitrogens is 6. The van der Waals surface area contributed by atoms with Gasteiger partial charge in [0.05, 0.1) is 35.7 Å². The molecule has 0 saturated heterocycles. The predicted octanol–water partition coefficient (Wildman–Crippen LogP) is 1.26. The Kier molecular flexibility index (Phi) is 2.74. The zero-order valence-electron chi connectivity index (χ0n) is 11.6. The van der Waals surface area contributed by atoms with Crippen molar-refractivity contribution in [2.45, 2.75) is 13.8 Å². The zero-order valence-corrected chi connectivity index (χ0v) is 11.6. The standard InChI is InChI=1S/C13H15N7/c1-8-13(4-10(14)5-15-8)20-7-12(17-18-20)11-6-16-19(3)9(11)2/h4-7H,14H2,1-3H3. The molecule has 0 spiro atoms. The lowest BCUT2D eigenvalue weighted by Gasteiger charge is -2.04. The molecule has 0 radical (unpaired) electrons. The lowest BCUT2D eigenvalue weighted by Crippen LogP contribution is -2.01. The highest BCUT2D eigenvalue weighted by Crippen LogP contribution is 2.22. The Labute approximate surface area is 116 Å². The topological polar surface area (TPSA) is 87.4 Å². The third kappa shape index (κ3) is 1.93. The van der Waals surface area contributed by atoms with Crippen molar-refractivity contribution in [2.24, 2.45) is 7.05 Å². The van der Waals surface area contributed by atoms with Crippen molar-refractivity contribution in [3.05, 3.63) is 36.0 Å². The minimum Gasteiger partial charge on any atom is -0.397 e. The second-order valence-electron chi connectivity index (χ2n) is 4.69. The lowest BCUT2D eigenvalue weighted by atomic mass is 10.2. The Morgan fingerprint density at radius 2 is 2.00 bits per heavy atom. The van der Waals surface area contributed by atoms with Crippen molar-refractivity contribution in [1.29, 1.82) is 0 Å². The number of rotatable bonds is 2. The average molecular weight is 269 g/mol. The molecule has 0 amide bonds. The van der Waals surface area contributed by atoms with E-state index in [1.165, 1.54) is 0 Å². The number of hydrogen-bond acceptors (Lipinski definition) is 5. The Morgan fingerprint density at radius 1 is 1.20 bits per heavy atom. The molecular weight excluding hydrogens is 254 g/mol.